The number of carbonyl (C=O) groups is 2. The normalized spacial score (nSPS) is 14.2. The van der Waals surface area contributed by atoms with Crippen LogP contribution in [-0.4, -0.2) is 64.1 Å². The molecule has 0 radical (unpaired) electrons. The number of rotatable bonds is 16. The summed E-state index contributed by atoms with van der Waals surface area (Å²) in [7, 11) is -1.28. The molecule has 64 heavy (non-hydrogen) atoms. The number of anilines is 1. The van der Waals surface area contributed by atoms with Crippen molar-refractivity contribution < 1.29 is 28.9 Å². The Bertz CT molecular complexity index is 2890. The largest absolute Gasteiger partial charge is 0.494 e. The smallest absolute Gasteiger partial charge is 0.352 e. The Morgan fingerprint density at radius 1 is 0.922 bits per heavy atom. The van der Waals surface area contributed by atoms with Gasteiger partial charge < -0.3 is 33.8 Å². The van der Waals surface area contributed by atoms with Crippen LogP contribution in [0.4, 0.5) is 5.69 Å². The molecule has 1 atom stereocenters. The number of nitrogens with one attached hydrogen (secondary N) is 1. The Kier molecular flexibility index (Phi) is 12.8. The van der Waals surface area contributed by atoms with Gasteiger partial charge in [-0.1, -0.05) is 79.2 Å². The minimum atomic E-state index is -1.28. The third kappa shape index (κ3) is 8.93. The van der Waals surface area contributed by atoms with E-state index in [1.54, 1.807) is 11.0 Å². The average molecular weight is 921 g/mol. The molecule has 4 aromatic carbocycles. The summed E-state index contributed by atoms with van der Waals surface area (Å²) in [5.74, 6) is -0.0626. The first-order valence-corrected chi connectivity index (χ1v) is 26.2. The van der Waals surface area contributed by atoms with E-state index in [0.717, 1.165) is 72.5 Å². The highest BCUT2D eigenvalue weighted by atomic mass is 35.5. The molecule has 0 saturated carbocycles. The maximum absolute atomic E-state index is 15.5. The Balaban J connectivity index is 1.24. The van der Waals surface area contributed by atoms with Crippen molar-refractivity contribution in [3.63, 3.8) is 0 Å². The molecule has 4 heterocycles. The van der Waals surface area contributed by atoms with Crippen LogP contribution in [0.2, 0.25) is 35.7 Å². The molecule has 1 aliphatic rings. The van der Waals surface area contributed by atoms with Crippen molar-refractivity contribution in [2.75, 3.05) is 24.7 Å². The summed E-state index contributed by atoms with van der Waals surface area (Å²) in [6, 6.07) is 23.7. The number of aromatic nitrogens is 4. The molecule has 11 nitrogen and oxygen atoms in total. The van der Waals surface area contributed by atoms with Gasteiger partial charge in [0, 0.05) is 65.9 Å². The minimum Gasteiger partial charge on any atom is -0.494 e. The summed E-state index contributed by atoms with van der Waals surface area (Å²) in [6.45, 7) is 19.1. The number of hydrogen-bond donors (Lipinski definition) is 2. The minimum absolute atomic E-state index is 0.0156. The van der Waals surface area contributed by atoms with E-state index in [0.29, 0.717) is 79.0 Å². The fourth-order valence-corrected chi connectivity index (χ4v) is 9.98. The van der Waals surface area contributed by atoms with Gasteiger partial charge in [-0.15, -0.1) is 0 Å². The second-order valence-corrected chi connectivity index (χ2v) is 24.6. The first kappa shape index (κ1) is 45.1. The molecular weight excluding hydrogens is 866 g/mol. The quantitative estimate of drug-likeness (QED) is 0.0731. The molecule has 0 unspecified atom stereocenters. The van der Waals surface area contributed by atoms with Crippen molar-refractivity contribution in [2.24, 2.45) is 0 Å². The molecule has 1 amide bonds. The molecule has 0 saturated heterocycles. The number of ether oxygens (including phenoxy) is 3. The van der Waals surface area contributed by atoms with Gasteiger partial charge in [-0.3, -0.25) is 4.79 Å². The highest BCUT2D eigenvalue weighted by molar-refractivity contribution is 6.76. The van der Waals surface area contributed by atoms with Crippen LogP contribution in [0, 0.1) is 27.7 Å². The van der Waals surface area contributed by atoms with Crippen LogP contribution in [0.1, 0.15) is 74.0 Å². The zero-order chi connectivity index (χ0) is 45.6. The third-order valence-corrected chi connectivity index (χ3v) is 14.7. The van der Waals surface area contributed by atoms with E-state index < -0.39 is 14.0 Å². The van der Waals surface area contributed by atoms with Crippen LogP contribution in [0.15, 0.2) is 72.8 Å². The summed E-state index contributed by atoms with van der Waals surface area (Å²) < 4.78 is 22.8. The van der Waals surface area contributed by atoms with Crippen molar-refractivity contribution in [3.05, 3.63) is 128 Å². The first-order chi connectivity index (χ1) is 30.5. The van der Waals surface area contributed by atoms with Crippen LogP contribution < -0.4 is 14.4 Å². The molecule has 0 fully saturated rings. The van der Waals surface area contributed by atoms with Gasteiger partial charge in [0.15, 0.2) is 0 Å². The van der Waals surface area contributed by atoms with Crippen molar-refractivity contribution >= 4 is 70.6 Å². The predicted molar refractivity (Wildman–Crippen MR) is 259 cm³/mol. The van der Waals surface area contributed by atoms with Gasteiger partial charge in [0.2, 0.25) is 0 Å². The molecule has 0 aliphatic carbocycles. The average Bonchev–Trinajstić information content (AvgIpc) is 3.92. The van der Waals surface area contributed by atoms with Crippen LogP contribution >= 0.6 is 23.2 Å². The maximum Gasteiger partial charge on any atom is 0.352 e. The van der Waals surface area contributed by atoms with Gasteiger partial charge in [-0.2, -0.15) is 5.10 Å². The Morgan fingerprint density at radius 3 is 2.34 bits per heavy atom. The van der Waals surface area contributed by atoms with E-state index in [4.69, 9.17) is 42.5 Å². The van der Waals surface area contributed by atoms with Crippen molar-refractivity contribution in [1.29, 1.82) is 0 Å². The lowest BCUT2D eigenvalue weighted by Gasteiger charge is -2.34. The summed E-state index contributed by atoms with van der Waals surface area (Å²) >= 11 is 13.7. The lowest BCUT2D eigenvalue weighted by atomic mass is 9.98. The molecule has 7 aromatic rings. The number of carbonyl (C=O) groups excluding carboxylic acids is 1. The Morgan fingerprint density at radius 2 is 1.64 bits per heavy atom. The molecule has 2 N–H and O–H groups in total. The van der Waals surface area contributed by atoms with Gasteiger partial charge in [-0.25, -0.2) is 9.48 Å². The third-order valence-electron chi connectivity index (χ3n) is 12.1. The highest BCUT2D eigenvalue weighted by Gasteiger charge is 2.38. The van der Waals surface area contributed by atoms with Crippen LogP contribution in [0.5, 0.6) is 11.5 Å². The van der Waals surface area contributed by atoms with Crippen LogP contribution in [0.3, 0.4) is 0 Å². The first-order valence-electron chi connectivity index (χ1n) is 21.8. The lowest BCUT2D eigenvalue weighted by molar-refractivity contribution is 0.0691. The van der Waals surface area contributed by atoms with Gasteiger partial charge in [0.05, 0.1) is 34.0 Å². The number of nitrogens with zero attached hydrogens (tertiary/aromatic N) is 4. The molecule has 8 rings (SSSR count). The lowest BCUT2D eigenvalue weighted by Crippen LogP contribution is -2.42. The van der Waals surface area contributed by atoms with Gasteiger partial charge in [-0.05, 0) is 106 Å². The number of hydrogen-bond acceptors (Lipinski definition) is 6. The van der Waals surface area contributed by atoms with E-state index in [-0.39, 0.29) is 17.6 Å². The molecule has 0 bridgehead atoms. The SMILES string of the molecule is Cc1cc(OCCCc2c3n(c4c(-c5c(C)nn(COCC[Si](C)(C)C)c5C)c(Cl)ccc24)[C@H](C)CN(c2cc(OCc4ccccc4)cc4cc(C(=O)O)[nH]c24)C3=O)cc(C)c1Cl. The Labute approximate surface area is 384 Å². The number of halogens is 2. The molecule has 334 valence electrons. The number of aryl methyl sites for hydroxylation is 4. The van der Waals surface area contributed by atoms with Crippen LogP contribution in [-0.2, 0) is 24.5 Å². The maximum atomic E-state index is 15.5. The monoisotopic (exact) mass is 919 g/mol. The molecule has 14 heteroatoms. The zero-order valence-corrected chi connectivity index (χ0v) is 40.2. The summed E-state index contributed by atoms with van der Waals surface area (Å²) in [5.41, 5.74) is 9.71. The highest BCUT2D eigenvalue weighted by Crippen LogP contribution is 2.46. The standard InChI is InChI=1S/C50H55Cl2N5O6Si/c1-29-21-36(22-30(2)45(29)52)62-18-12-15-38-39-16-17-40(51)44(43-32(4)54-56(33(43)5)28-61-19-20-64(6,7)8)47(39)57-31(3)26-55(49(58)48(38)57)42-25-37(63-27-34-13-10-9-11-14-34)23-35-24-41(50(59)60)53-46(35)42/h9-11,13-14,16-17,21-25,31,53H,12,15,18-20,26-28H2,1-8H3,(H,59,60)/t31-/m1/s1. The van der Waals surface area contributed by atoms with E-state index in [1.165, 1.54) is 0 Å². The number of H-pyrrole nitrogens is 1. The number of carboxylic acid groups (broad SMARTS) is 1. The number of fused-ring (bicyclic) bond motifs is 4. The van der Waals surface area contributed by atoms with Crippen molar-refractivity contribution in [2.45, 2.75) is 92.5 Å². The summed E-state index contributed by atoms with van der Waals surface area (Å²) in [5, 5.41) is 17.8. The number of aromatic amines is 1. The zero-order valence-electron chi connectivity index (χ0n) is 37.7. The molecule has 0 spiro atoms. The van der Waals surface area contributed by atoms with Crippen molar-refractivity contribution in [1.82, 2.24) is 19.3 Å². The second kappa shape index (κ2) is 18.2. The summed E-state index contributed by atoms with van der Waals surface area (Å²) in [4.78, 5) is 32.6. The second-order valence-electron chi connectivity index (χ2n) is 18.2. The van der Waals surface area contributed by atoms with E-state index in [9.17, 15) is 9.90 Å². The van der Waals surface area contributed by atoms with Gasteiger partial charge in [0.25, 0.3) is 5.91 Å². The number of benzene rings is 4. The molecule has 3 aromatic heterocycles. The van der Waals surface area contributed by atoms with Crippen LogP contribution in [0.25, 0.3) is 32.9 Å². The van der Waals surface area contributed by atoms with E-state index in [2.05, 4.69) is 36.1 Å². The van der Waals surface area contributed by atoms with Crippen molar-refractivity contribution in [3.8, 4) is 22.6 Å². The van der Waals surface area contributed by atoms with Gasteiger partial charge in [0.1, 0.15) is 36.2 Å². The fraction of sp³-hybridized carbons (Fsp3) is 0.340. The fourth-order valence-electron chi connectivity index (χ4n) is 8.87. The molecule has 1 aliphatic heterocycles. The number of amides is 1. The predicted octanol–water partition coefficient (Wildman–Crippen LogP) is 12.3. The van der Waals surface area contributed by atoms with E-state index in [1.807, 2.05) is 99.1 Å². The van der Waals surface area contributed by atoms with Gasteiger partial charge >= 0.3 is 5.97 Å². The topological polar surface area (TPSA) is 124 Å². The van der Waals surface area contributed by atoms with E-state index >= 15 is 4.79 Å². The number of aromatic carboxylic acids is 1. The Hall–Kier alpha value is -5.53. The number of carboxylic acids is 1. The molecular formula is C50H55Cl2N5O6Si. The summed E-state index contributed by atoms with van der Waals surface area (Å²) in [6.07, 6.45) is 1.14.